The number of nitrogens with two attached hydrogens (primary N) is 1. The molecule has 0 aliphatic carbocycles. The van der Waals surface area contributed by atoms with Gasteiger partial charge in [-0.15, -0.1) is 0 Å². The number of hydrogen-bond donors (Lipinski definition) is 1. The summed E-state index contributed by atoms with van der Waals surface area (Å²) in [6, 6.07) is 6.19. The van der Waals surface area contributed by atoms with Crippen LogP contribution in [-0.4, -0.2) is 9.78 Å². The fraction of sp³-hybridized carbons (Fsp3) is 0.357. The maximum Gasteiger partial charge on any atom is 0.130 e. The highest BCUT2D eigenvalue weighted by Crippen LogP contribution is 2.26. The molecule has 3 heteroatoms. The third kappa shape index (κ3) is 1.93. The molecule has 0 aliphatic heterocycles. The number of nitrogen functional groups attached to an aromatic ring is 1. The molecule has 1 aromatic carbocycles. The fourth-order valence-electron chi connectivity index (χ4n) is 1.97. The van der Waals surface area contributed by atoms with Gasteiger partial charge in [0, 0.05) is 5.56 Å². The van der Waals surface area contributed by atoms with Gasteiger partial charge in [0.15, 0.2) is 0 Å². The Morgan fingerprint density at radius 3 is 2.53 bits per heavy atom. The van der Waals surface area contributed by atoms with Gasteiger partial charge < -0.3 is 5.73 Å². The number of nitrogens with zero attached hydrogens (tertiary/aromatic N) is 2. The van der Waals surface area contributed by atoms with Crippen LogP contribution < -0.4 is 5.73 Å². The van der Waals surface area contributed by atoms with Crippen LogP contribution in [0.25, 0.3) is 5.69 Å². The first-order chi connectivity index (χ1) is 8.02. The molecule has 0 amide bonds. The van der Waals surface area contributed by atoms with Crippen LogP contribution in [0.2, 0.25) is 0 Å². The highest BCUT2D eigenvalue weighted by molar-refractivity contribution is 5.52. The van der Waals surface area contributed by atoms with E-state index >= 15 is 0 Å². The molecule has 0 saturated carbocycles. The largest absolute Gasteiger partial charge is 0.383 e. The Morgan fingerprint density at radius 1 is 1.24 bits per heavy atom. The fourth-order valence-corrected chi connectivity index (χ4v) is 1.97. The Balaban J connectivity index is 2.58. The van der Waals surface area contributed by atoms with Crippen LogP contribution in [0, 0.1) is 13.8 Å². The van der Waals surface area contributed by atoms with Gasteiger partial charge in [-0.2, -0.15) is 5.10 Å². The molecule has 0 fully saturated rings. The van der Waals surface area contributed by atoms with Crippen molar-refractivity contribution in [2.45, 2.75) is 33.6 Å². The maximum atomic E-state index is 6.16. The van der Waals surface area contributed by atoms with Gasteiger partial charge >= 0.3 is 0 Å². The van der Waals surface area contributed by atoms with Crippen molar-refractivity contribution < 1.29 is 0 Å². The summed E-state index contributed by atoms with van der Waals surface area (Å²) in [5.41, 5.74) is 10.8. The van der Waals surface area contributed by atoms with E-state index in [-0.39, 0.29) is 0 Å². The molecule has 0 bridgehead atoms. The predicted molar refractivity (Wildman–Crippen MR) is 71.5 cm³/mol. The summed E-state index contributed by atoms with van der Waals surface area (Å²) in [5, 5.41) is 4.40. The molecule has 0 saturated heterocycles. The SMILES string of the molecule is Cc1cccc(-n2ncc(C(C)C)c2N)c1C. The summed E-state index contributed by atoms with van der Waals surface area (Å²) in [6.07, 6.45) is 1.86. The molecule has 3 nitrogen and oxygen atoms in total. The van der Waals surface area contributed by atoms with Gasteiger partial charge in [-0.25, -0.2) is 4.68 Å². The van der Waals surface area contributed by atoms with Crippen molar-refractivity contribution in [1.82, 2.24) is 9.78 Å². The quantitative estimate of drug-likeness (QED) is 0.859. The molecule has 0 radical (unpaired) electrons. The molecule has 2 aromatic rings. The third-order valence-electron chi connectivity index (χ3n) is 3.26. The minimum Gasteiger partial charge on any atom is -0.383 e. The van der Waals surface area contributed by atoms with Crippen molar-refractivity contribution in [2.24, 2.45) is 0 Å². The number of aromatic nitrogens is 2. The Hall–Kier alpha value is -1.77. The van der Waals surface area contributed by atoms with Crippen LogP contribution in [0.5, 0.6) is 0 Å². The molecular weight excluding hydrogens is 210 g/mol. The summed E-state index contributed by atoms with van der Waals surface area (Å²) >= 11 is 0. The van der Waals surface area contributed by atoms with Gasteiger partial charge in [-0.05, 0) is 37.0 Å². The zero-order chi connectivity index (χ0) is 12.6. The van der Waals surface area contributed by atoms with Crippen LogP contribution in [0.3, 0.4) is 0 Å². The van der Waals surface area contributed by atoms with Gasteiger partial charge in [-0.3, -0.25) is 0 Å². The molecule has 0 spiro atoms. The van der Waals surface area contributed by atoms with Crippen molar-refractivity contribution in [3.05, 3.63) is 41.1 Å². The molecule has 2 rings (SSSR count). The average molecular weight is 229 g/mol. The van der Waals surface area contributed by atoms with Gasteiger partial charge in [0.05, 0.1) is 11.9 Å². The van der Waals surface area contributed by atoms with Gasteiger partial charge in [0.1, 0.15) is 5.82 Å². The van der Waals surface area contributed by atoms with E-state index in [2.05, 4.69) is 44.9 Å². The van der Waals surface area contributed by atoms with Crippen LogP contribution in [0.15, 0.2) is 24.4 Å². The maximum absolute atomic E-state index is 6.16. The highest BCUT2D eigenvalue weighted by Gasteiger charge is 2.13. The standard InChI is InChI=1S/C14H19N3/c1-9(2)12-8-16-17(14(12)15)13-7-5-6-10(3)11(13)4/h5-9H,15H2,1-4H3. The molecule has 1 heterocycles. The minimum atomic E-state index is 0.397. The van der Waals surface area contributed by atoms with Crippen LogP contribution in [-0.2, 0) is 0 Å². The Labute approximate surface area is 102 Å². The molecule has 0 unspecified atom stereocenters. The first-order valence-electron chi connectivity index (χ1n) is 5.92. The van der Waals surface area contributed by atoms with Crippen molar-refractivity contribution in [1.29, 1.82) is 0 Å². The summed E-state index contributed by atoms with van der Waals surface area (Å²) in [5.74, 6) is 1.14. The number of hydrogen-bond acceptors (Lipinski definition) is 2. The van der Waals surface area contributed by atoms with E-state index < -0.39 is 0 Å². The summed E-state index contributed by atoms with van der Waals surface area (Å²) < 4.78 is 1.83. The number of anilines is 1. The lowest BCUT2D eigenvalue weighted by atomic mass is 10.1. The summed E-state index contributed by atoms with van der Waals surface area (Å²) in [6.45, 7) is 8.45. The molecule has 0 aliphatic rings. The van der Waals surface area contributed by atoms with Crippen LogP contribution in [0.4, 0.5) is 5.82 Å². The number of rotatable bonds is 2. The lowest BCUT2D eigenvalue weighted by Crippen LogP contribution is -2.05. The van der Waals surface area contributed by atoms with Gasteiger partial charge in [0.2, 0.25) is 0 Å². The normalized spacial score (nSPS) is 11.1. The first-order valence-corrected chi connectivity index (χ1v) is 5.92. The molecule has 90 valence electrons. The van der Waals surface area contributed by atoms with Crippen molar-refractivity contribution in [2.75, 3.05) is 5.73 Å². The van der Waals surface area contributed by atoms with Gasteiger partial charge in [0.25, 0.3) is 0 Å². The topological polar surface area (TPSA) is 43.8 Å². The van der Waals surface area contributed by atoms with E-state index in [1.54, 1.807) is 0 Å². The average Bonchev–Trinajstić information content (AvgIpc) is 2.64. The highest BCUT2D eigenvalue weighted by atomic mass is 15.3. The Morgan fingerprint density at radius 2 is 1.94 bits per heavy atom. The Bertz CT molecular complexity index is 538. The second kappa shape index (κ2) is 4.24. The smallest absolute Gasteiger partial charge is 0.130 e. The van der Waals surface area contributed by atoms with Crippen molar-refractivity contribution in [3.8, 4) is 5.69 Å². The van der Waals surface area contributed by atoms with E-state index in [4.69, 9.17) is 5.73 Å². The van der Waals surface area contributed by atoms with E-state index in [1.165, 1.54) is 11.1 Å². The monoisotopic (exact) mass is 229 g/mol. The Kier molecular flexibility index (Phi) is 2.92. The molecular formula is C14H19N3. The van der Waals surface area contributed by atoms with Crippen LogP contribution in [0.1, 0.15) is 36.5 Å². The van der Waals surface area contributed by atoms with Crippen molar-refractivity contribution >= 4 is 5.82 Å². The zero-order valence-electron chi connectivity index (χ0n) is 10.9. The van der Waals surface area contributed by atoms with E-state index in [0.717, 1.165) is 17.1 Å². The third-order valence-corrected chi connectivity index (χ3v) is 3.26. The predicted octanol–water partition coefficient (Wildman–Crippen LogP) is 3.19. The van der Waals surface area contributed by atoms with Crippen molar-refractivity contribution in [3.63, 3.8) is 0 Å². The summed E-state index contributed by atoms with van der Waals surface area (Å²) in [4.78, 5) is 0. The second-order valence-corrected chi connectivity index (χ2v) is 4.77. The molecule has 17 heavy (non-hydrogen) atoms. The van der Waals surface area contributed by atoms with E-state index in [9.17, 15) is 0 Å². The number of aryl methyl sites for hydroxylation is 1. The summed E-state index contributed by atoms with van der Waals surface area (Å²) in [7, 11) is 0. The second-order valence-electron chi connectivity index (χ2n) is 4.77. The number of benzene rings is 1. The zero-order valence-corrected chi connectivity index (χ0v) is 10.9. The van der Waals surface area contributed by atoms with Crippen LogP contribution >= 0.6 is 0 Å². The van der Waals surface area contributed by atoms with E-state index in [1.807, 2.05) is 16.9 Å². The minimum absolute atomic E-state index is 0.397. The molecule has 1 aromatic heterocycles. The van der Waals surface area contributed by atoms with E-state index in [0.29, 0.717) is 5.92 Å². The lowest BCUT2D eigenvalue weighted by Gasteiger charge is -2.11. The molecule has 2 N–H and O–H groups in total. The first kappa shape index (κ1) is 11.7. The van der Waals surface area contributed by atoms with Gasteiger partial charge in [-0.1, -0.05) is 26.0 Å². The lowest BCUT2D eigenvalue weighted by molar-refractivity contribution is 0.865. The molecule has 0 atom stereocenters.